The average Bonchev–Trinajstić information content (AvgIpc) is 2.57. The second-order valence-corrected chi connectivity index (χ2v) is 5.69. The standard InChI is InChI=1S/C19H22N4O/c1-15(24)22-19-8-6-18(7-9-19)14-23(11-10-20)13-17-4-2-16(12-21)3-5-17/h2-9H,10-11,13-14,20H2,1H3,(H,22,24). The molecule has 5 nitrogen and oxygen atoms in total. The first-order valence-corrected chi connectivity index (χ1v) is 7.88. The fourth-order valence-corrected chi connectivity index (χ4v) is 2.49. The van der Waals surface area contributed by atoms with Gasteiger partial charge in [0.05, 0.1) is 11.6 Å². The molecule has 0 aliphatic carbocycles. The number of carbonyl (C=O) groups excluding carboxylic acids is 1. The van der Waals surface area contributed by atoms with Crippen LogP contribution in [-0.2, 0) is 17.9 Å². The smallest absolute Gasteiger partial charge is 0.221 e. The number of anilines is 1. The zero-order chi connectivity index (χ0) is 17.4. The summed E-state index contributed by atoms with van der Waals surface area (Å²) in [4.78, 5) is 13.3. The summed E-state index contributed by atoms with van der Waals surface area (Å²) in [5.41, 5.74) is 9.50. The predicted octanol–water partition coefficient (Wildman–Crippen LogP) is 2.48. The van der Waals surface area contributed by atoms with E-state index in [0.717, 1.165) is 36.4 Å². The molecule has 3 N–H and O–H groups in total. The Morgan fingerprint density at radius 2 is 1.62 bits per heavy atom. The Labute approximate surface area is 142 Å². The molecule has 0 unspecified atom stereocenters. The molecule has 1 amide bonds. The van der Waals surface area contributed by atoms with Gasteiger partial charge in [-0.15, -0.1) is 0 Å². The predicted molar refractivity (Wildman–Crippen MR) is 95.1 cm³/mol. The van der Waals surface area contributed by atoms with Crippen LogP contribution in [0.2, 0.25) is 0 Å². The van der Waals surface area contributed by atoms with E-state index in [-0.39, 0.29) is 5.91 Å². The number of benzene rings is 2. The lowest BCUT2D eigenvalue weighted by molar-refractivity contribution is -0.114. The molecule has 0 atom stereocenters. The zero-order valence-corrected chi connectivity index (χ0v) is 13.8. The molecule has 124 valence electrons. The van der Waals surface area contributed by atoms with E-state index in [4.69, 9.17) is 11.0 Å². The maximum Gasteiger partial charge on any atom is 0.221 e. The summed E-state index contributed by atoms with van der Waals surface area (Å²) in [6.45, 7) is 4.41. The maximum atomic E-state index is 11.1. The van der Waals surface area contributed by atoms with Gasteiger partial charge in [-0.1, -0.05) is 24.3 Å². The lowest BCUT2D eigenvalue weighted by Crippen LogP contribution is -2.28. The van der Waals surface area contributed by atoms with Crippen LogP contribution in [0.3, 0.4) is 0 Å². The first-order valence-electron chi connectivity index (χ1n) is 7.88. The van der Waals surface area contributed by atoms with E-state index in [0.29, 0.717) is 12.1 Å². The molecule has 2 rings (SSSR count). The minimum Gasteiger partial charge on any atom is -0.329 e. The summed E-state index contributed by atoms with van der Waals surface area (Å²) < 4.78 is 0. The van der Waals surface area contributed by atoms with Crippen LogP contribution in [0.5, 0.6) is 0 Å². The third-order valence-corrected chi connectivity index (χ3v) is 3.62. The van der Waals surface area contributed by atoms with E-state index >= 15 is 0 Å². The Morgan fingerprint density at radius 3 is 2.08 bits per heavy atom. The van der Waals surface area contributed by atoms with E-state index in [9.17, 15) is 4.79 Å². The SMILES string of the molecule is CC(=O)Nc1ccc(CN(CCN)Cc2ccc(C#N)cc2)cc1. The Kier molecular flexibility index (Phi) is 6.50. The summed E-state index contributed by atoms with van der Waals surface area (Å²) in [5, 5.41) is 11.6. The molecule has 2 aromatic carbocycles. The molecule has 0 saturated carbocycles. The molecule has 0 radical (unpaired) electrons. The minimum atomic E-state index is -0.0756. The van der Waals surface area contributed by atoms with Crippen LogP contribution in [0.15, 0.2) is 48.5 Å². The quantitative estimate of drug-likeness (QED) is 0.820. The van der Waals surface area contributed by atoms with Crippen molar-refractivity contribution in [2.45, 2.75) is 20.0 Å². The third-order valence-electron chi connectivity index (χ3n) is 3.62. The summed E-state index contributed by atoms with van der Waals surface area (Å²) in [5.74, 6) is -0.0756. The summed E-state index contributed by atoms with van der Waals surface area (Å²) >= 11 is 0. The van der Waals surface area contributed by atoms with Crippen molar-refractivity contribution < 1.29 is 4.79 Å². The van der Waals surface area contributed by atoms with Crippen molar-refractivity contribution in [1.29, 1.82) is 5.26 Å². The normalized spacial score (nSPS) is 10.4. The fourth-order valence-electron chi connectivity index (χ4n) is 2.49. The molecule has 0 aliphatic rings. The van der Waals surface area contributed by atoms with E-state index < -0.39 is 0 Å². The van der Waals surface area contributed by atoms with Crippen LogP contribution in [0.1, 0.15) is 23.6 Å². The lowest BCUT2D eigenvalue weighted by atomic mass is 10.1. The highest BCUT2D eigenvalue weighted by molar-refractivity contribution is 5.88. The molecule has 0 spiro atoms. The minimum absolute atomic E-state index is 0.0756. The van der Waals surface area contributed by atoms with Gasteiger partial charge in [0.2, 0.25) is 5.91 Å². The Morgan fingerprint density at radius 1 is 1.08 bits per heavy atom. The number of nitrogens with two attached hydrogens (primary N) is 1. The van der Waals surface area contributed by atoms with Gasteiger partial charge in [-0.3, -0.25) is 9.69 Å². The molecule has 0 heterocycles. The first kappa shape index (κ1) is 17.7. The molecule has 5 heteroatoms. The number of hydrogen-bond donors (Lipinski definition) is 2. The number of hydrogen-bond acceptors (Lipinski definition) is 4. The van der Waals surface area contributed by atoms with Gasteiger partial charge in [0.1, 0.15) is 0 Å². The fraction of sp³-hybridized carbons (Fsp3) is 0.263. The van der Waals surface area contributed by atoms with Gasteiger partial charge in [-0.25, -0.2) is 0 Å². The molecular weight excluding hydrogens is 300 g/mol. The van der Waals surface area contributed by atoms with Crippen molar-refractivity contribution in [3.8, 4) is 6.07 Å². The van der Waals surface area contributed by atoms with E-state index in [1.165, 1.54) is 6.92 Å². The highest BCUT2D eigenvalue weighted by atomic mass is 16.1. The van der Waals surface area contributed by atoms with Gasteiger partial charge in [-0.05, 0) is 35.4 Å². The average molecular weight is 322 g/mol. The Bertz CT molecular complexity index is 702. The van der Waals surface area contributed by atoms with Crippen LogP contribution in [-0.4, -0.2) is 23.9 Å². The van der Waals surface area contributed by atoms with Crippen molar-refractivity contribution in [2.24, 2.45) is 5.73 Å². The topological polar surface area (TPSA) is 82.2 Å². The van der Waals surface area contributed by atoms with Crippen LogP contribution in [0.25, 0.3) is 0 Å². The number of rotatable bonds is 7. The lowest BCUT2D eigenvalue weighted by Gasteiger charge is -2.22. The number of carbonyl (C=O) groups is 1. The van der Waals surface area contributed by atoms with Gasteiger partial charge >= 0.3 is 0 Å². The summed E-state index contributed by atoms with van der Waals surface area (Å²) in [6.07, 6.45) is 0. The van der Waals surface area contributed by atoms with Crippen molar-refractivity contribution in [3.63, 3.8) is 0 Å². The number of amides is 1. The van der Waals surface area contributed by atoms with Crippen molar-refractivity contribution in [2.75, 3.05) is 18.4 Å². The van der Waals surface area contributed by atoms with Crippen LogP contribution in [0, 0.1) is 11.3 Å². The van der Waals surface area contributed by atoms with E-state index in [1.54, 1.807) is 0 Å². The van der Waals surface area contributed by atoms with Crippen LogP contribution < -0.4 is 11.1 Å². The second-order valence-electron chi connectivity index (χ2n) is 5.69. The van der Waals surface area contributed by atoms with Gasteiger partial charge in [0.25, 0.3) is 0 Å². The van der Waals surface area contributed by atoms with Crippen molar-refractivity contribution in [1.82, 2.24) is 4.90 Å². The molecule has 24 heavy (non-hydrogen) atoms. The van der Waals surface area contributed by atoms with E-state index in [2.05, 4.69) is 16.3 Å². The maximum absolute atomic E-state index is 11.1. The third kappa shape index (κ3) is 5.51. The highest BCUT2D eigenvalue weighted by Gasteiger charge is 2.07. The highest BCUT2D eigenvalue weighted by Crippen LogP contribution is 2.14. The van der Waals surface area contributed by atoms with Crippen molar-refractivity contribution in [3.05, 3.63) is 65.2 Å². The second kappa shape index (κ2) is 8.82. The molecule has 0 bridgehead atoms. The molecule has 0 aliphatic heterocycles. The van der Waals surface area contributed by atoms with E-state index in [1.807, 2.05) is 48.5 Å². The Balaban J connectivity index is 2.01. The number of nitrogens with zero attached hydrogens (tertiary/aromatic N) is 2. The zero-order valence-electron chi connectivity index (χ0n) is 13.8. The molecular formula is C19H22N4O. The van der Waals surface area contributed by atoms with Gasteiger partial charge in [-0.2, -0.15) is 5.26 Å². The van der Waals surface area contributed by atoms with Crippen molar-refractivity contribution >= 4 is 11.6 Å². The molecule has 0 aromatic heterocycles. The van der Waals surface area contributed by atoms with Gasteiger partial charge in [0.15, 0.2) is 0 Å². The molecule has 0 fully saturated rings. The number of nitrogens with one attached hydrogen (secondary N) is 1. The first-order chi connectivity index (χ1) is 11.6. The Hall–Kier alpha value is -2.68. The van der Waals surface area contributed by atoms with Crippen LogP contribution >= 0.6 is 0 Å². The molecule has 0 saturated heterocycles. The van der Waals surface area contributed by atoms with Gasteiger partial charge in [0, 0.05) is 38.8 Å². The van der Waals surface area contributed by atoms with Gasteiger partial charge < -0.3 is 11.1 Å². The number of nitriles is 1. The summed E-state index contributed by atoms with van der Waals surface area (Å²) in [7, 11) is 0. The monoisotopic (exact) mass is 322 g/mol. The largest absolute Gasteiger partial charge is 0.329 e. The summed E-state index contributed by atoms with van der Waals surface area (Å²) in [6, 6.07) is 17.6. The molecule has 2 aromatic rings. The van der Waals surface area contributed by atoms with Crippen LogP contribution in [0.4, 0.5) is 5.69 Å².